The number of guanidine groups is 1. The van der Waals surface area contributed by atoms with Crippen LogP contribution in [0.2, 0.25) is 0 Å². The zero-order valence-corrected chi connectivity index (χ0v) is 14.8. The second kappa shape index (κ2) is 7.72. The van der Waals surface area contributed by atoms with Gasteiger partial charge in [-0.1, -0.05) is 12.1 Å². The van der Waals surface area contributed by atoms with Gasteiger partial charge in [0, 0.05) is 25.0 Å². The predicted molar refractivity (Wildman–Crippen MR) is 96.4 cm³/mol. The summed E-state index contributed by atoms with van der Waals surface area (Å²) < 4.78 is 13.5. The Labute approximate surface area is 152 Å². The fourth-order valence-electron chi connectivity index (χ4n) is 3.05. The molecule has 7 nitrogen and oxygen atoms in total. The van der Waals surface area contributed by atoms with Gasteiger partial charge in [0.05, 0.1) is 13.1 Å². The smallest absolute Gasteiger partial charge is 0.324 e. The van der Waals surface area contributed by atoms with E-state index in [1.807, 2.05) is 13.0 Å². The van der Waals surface area contributed by atoms with Gasteiger partial charge in [-0.3, -0.25) is 14.7 Å². The molecular formula is C18H24FN5O2. The molecule has 0 aromatic heterocycles. The van der Waals surface area contributed by atoms with E-state index in [0.717, 1.165) is 18.4 Å². The number of hydrogen-bond acceptors (Lipinski definition) is 3. The Morgan fingerprint density at radius 1 is 1.35 bits per heavy atom. The van der Waals surface area contributed by atoms with Crippen molar-refractivity contribution in [1.29, 1.82) is 0 Å². The Kier molecular flexibility index (Phi) is 5.39. The van der Waals surface area contributed by atoms with E-state index in [0.29, 0.717) is 25.6 Å². The molecule has 1 aromatic rings. The van der Waals surface area contributed by atoms with Crippen LogP contribution in [0, 0.1) is 5.82 Å². The molecule has 1 aliphatic heterocycles. The maximum atomic E-state index is 13.5. The molecule has 0 radical (unpaired) electrons. The lowest BCUT2D eigenvalue weighted by Crippen LogP contribution is -2.43. The number of imide groups is 1. The molecule has 1 saturated carbocycles. The van der Waals surface area contributed by atoms with Gasteiger partial charge in [0.25, 0.3) is 0 Å². The Morgan fingerprint density at radius 2 is 2.15 bits per heavy atom. The van der Waals surface area contributed by atoms with Gasteiger partial charge < -0.3 is 16.0 Å². The number of carbonyl (C=O) groups is 2. The van der Waals surface area contributed by atoms with E-state index in [4.69, 9.17) is 0 Å². The first-order chi connectivity index (χ1) is 12.5. The second-order valence-corrected chi connectivity index (χ2v) is 6.62. The van der Waals surface area contributed by atoms with E-state index in [-0.39, 0.29) is 36.3 Å². The van der Waals surface area contributed by atoms with Crippen molar-refractivity contribution in [3.05, 3.63) is 35.6 Å². The summed E-state index contributed by atoms with van der Waals surface area (Å²) in [5.41, 5.74) is 0.895. The van der Waals surface area contributed by atoms with Crippen molar-refractivity contribution in [1.82, 2.24) is 20.9 Å². The summed E-state index contributed by atoms with van der Waals surface area (Å²) in [7, 11) is 0. The number of amides is 3. The lowest BCUT2D eigenvalue weighted by atomic mass is 9.96. The number of halogens is 1. The van der Waals surface area contributed by atoms with Crippen molar-refractivity contribution in [2.75, 3.05) is 32.7 Å². The van der Waals surface area contributed by atoms with Crippen molar-refractivity contribution in [2.24, 2.45) is 4.99 Å². The van der Waals surface area contributed by atoms with Crippen molar-refractivity contribution in [3.8, 4) is 0 Å². The molecule has 1 saturated heterocycles. The minimum atomic E-state index is -0.359. The Bertz CT molecular complexity index is 701. The van der Waals surface area contributed by atoms with Crippen molar-refractivity contribution in [3.63, 3.8) is 0 Å². The number of aliphatic imine (C=N–C) groups is 1. The van der Waals surface area contributed by atoms with Crippen LogP contribution in [0.25, 0.3) is 0 Å². The highest BCUT2D eigenvalue weighted by molar-refractivity contribution is 6.01. The number of rotatable bonds is 7. The molecule has 3 rings (SSSR count). The first-order valence-corrected chi connectivity index (χ1v) is 8.90. The SMILES string of the molecule is CCNC(=NCC1(c2cccc(F)c2)CC1)NCCN1C(=O)CNC1=O. The monoisotopic (exact) mass is 361 g/mol. The molecule has 3 N–H and O–H groups in total. The summed E-state index contributed by atoms with van der Waals surface area (Å²) in [5.74, 6) is 0.181. The van der Waals surface area contributed by atoms with E-state index in [9.17, 15) is 14.0 Å². The second-order valence-electron chi connectivity index (χ2n) is 6.62. The molecule has 0 spiro atoms. The first kappa shape index (κ1) is 18.2. The molecule has 0 atom stereocenters. The van der Waals surface area contributed by atoms with Gasteiger partial charge in [-0.25, -0.2) is 9.18 Å². The fourth-order valence-corrected chi connectivity index (χ4v) is 3.05. The molecule has 0 unspecified atom stereocenters. The van der Waals surface area contributed by atoms with Crippen molar-refractivity contribution >= 4 is 17.9 Å². The normalized spacial score (nSPS) is 18.7. The van der Waals surface area contributed by atoms with Gasteiger partial charge in [0.15, 0.2) is 5.96 Å². The van der Waals surface area contributed by atoms with Crippen LogP contribution in [0.15, 0.2) is 29.3 Å². The molecular weight excluding hydrogens is 337 g/mol. The largest absolute Gasteiger partial charge is 0.357 e. The highest BCUT2D eigenvalue weighted by atomic mass is 19.1. The maximum Gasteiger partial charge on any atom is 0.324 e. The average molecular weight is 361 g/mol. The molecule has 1 heterocycles. The van der Waals surface area contributed by atoms with E-state index in [2.05, 4.69) is 20.9 Å². The number of carbonyl (C=O) groups excluding carboxylic acids is 2. The third-order valence-electron chi connectivity index (χ3n) is 4.74. The first-order valence-electron chi connectivity index (χ1n) is 8.90. The van der Waals surface area contributed by atoms with Gasteiger partial charge >= 0.3 is 6.03 Å². The van der Waals surface area contributed by atoms with Crippen LogP contribution in [0.1, 0.15) is 25.3 Å². The summed E-state index contributed by atoms with van der Waals surface area (Å²) >= 11 is 0. The molecule has 1 aliphatic carbocycles. The van der Waals surface area contributed by atoms with Gasteiger partial charge in [0.1, 0.15) is 5.82 Å². The molecule has 2 aliphatic rings. The van der Waals surface area contributed by atoms with Crippen LogP contribution in [0.3, 0.4) is 0 Å². The quantitative estimate of drug-likeness (QED) is 0.384. The lowest BCUT2D eigenvalue weighted by Gasteiger charge is -2.17. The highest BCUT2D eigenvalue weighted by Gasteiger charge is 2.44. The number of hydrogen-bond donors (Lipinski definition) is 3. The van der Waals surface area contributed by atoms with Crippen molar-refractivity contribution < 1.29 is 14.0 Å². The van der Waals surface area contributed by atoms with Crippen LogP contribution >= 0.6 is 0 Å². The van der Waals surface area contributed by atoms with E-state index < -0.39 is 0 Å². The number of benzene rings is 1. The van der Waals surface area contributed by atoms with Gasteiger partial charge in [-0.05, 0) is 37.5 Å². The van der Waals surface area contributed by atoms with Crippen LogP contribution in [-0.2, 0) is 10.2 Å². The molecule has 0 bridgehead atoms. The zero-order valence-electron chi connectivity index (χ0n) is 14.8. The van der Waals surface area contributed by atoms with Gasteiger partial charge in [0.2, 0.25) is 5.91 Å². The Balaban J connectivity index is 1.57. The zero-order chi connectivity index (χ0) is 18.6. The number of nitrogens with zero attached hydrogens (tertiary/aromatic N) is 2. The average Bonchev–Trinajstić information content (AvgIpc) is 3.35. The topological polar surface area (TPSA) is 85.8 Å². The van der Waals surface area contributed by atoms with Gasteiger partial charge in [-0.2, -0.15) is 0 Å². The van der Waals surface area contributed by atoms with Crippen LogP contribution in [0.5, 0.6) is 0 Å². The van der Waals surface area contributed by atoms with Gasteiger partial charge in [-0.15, -0.1) is 0 Å². The standard InChI is InChI=1S/C18H24FN5O2/c1-2-20-16(21-8-9-24-15(25)11-22-17(24)26)23-12-18(6-7-18)13-4-3-5-14(19)10-13/h3-5,10H,2,6-9,11-12H2,1H3,(H,22,26)(H2,20,21,23). The maximum absolute atomic E-state index is 13.5. The summed E-state index contributed by atoms with van der Waals surface area (Å²) in [4.78, 5) is 28.9. The molecule has 26 heavy (non-hydrogen) atoms. The third-order valence-corrected chi connectivity index (χ3v) is 4.74. The summed E-state index contributed by atoms with van der Waals surface area (Å²) in [6.07, 6.45) is 1.98. The predicted octanol–water partition coefficient (Wildman–Crippen LogP) is 0.964. The molecule has 2 fully saturated rings. The lowest BCUT2D eigenvalue weighted by molar-refractivity contribution is -0.124. The molecule has 1 aromatic carbocycles. The summed E-state index contributed by atoms with van der Waals surface area (Å²) in [6.45, 7) is 3.98. The minimum absolute atomic E-state index is 0.0587. The fraction of sp³-hybridized carbons (Fsp3) is 0.500. The minimum Gasteiger partial charge on any atom is -0.357 e. The Hall–Kier alpha value is -2.64. The number of urea groups is 1. The number of nitrogens with one attached hydrogen (secondary N) is 3. The van der Waals surface area contributed by atoms with Crippen LogP contribution < -0.4 is 16.0 Å². The highest BCUT2D eigenvalue weighted by Crippen LogP contribution is 2.48. The van der Waals surface area contributed by atoms with E-state index in [1.165, 1.54) is 11.0 Å². The summed E-state index contributed by atoms with van der Waals surface area (Å²) in [6, 6.07) is 6.35. The van der Waals surface area contributed by atoms with E-state index >= 15 is 0 Å². The van der Waals surface area contributed by atoms with E-state index in [1.54, 1.807) is 12.1 Å². The van der Waals surface area contributed by atoms with Crippen molar-refractivity contribution in [2.45, 2.75) is 25.2 Å². The summed E-state index contributed by atoms with van der Waals surface area (Å²) in [5, 5.41) is 8.79. The molecule has 140 valence electrons. The van der Waals surface area contributed by atoms with Crippen LogP contribution in [-0.4, -0.2) is 55.5 Å². The van der Waals surface area contributed by atoms with Crippen LogP contribution in [0.4, 0.5) is 9.18 Å². The molecule has 3 amide bonds. The molecule has 8 heteroatoms. The Morgan fingerprint density at radius 3 is 2.77 bits per heavy atom. The third kappa shape index (κ3) is 4.12.